The number of nitrogens with zero attached hydrogens (tertiary/aromatic N) is 1. The van der Waals surface area contributed by atoms with Crippen LogP contribution < -0.4 is 14.8 Å². The van der Waals surface area contributed by atoms with Crippen LogP contribution in [0.25, 0.3) is 0 Å². The maximum Gasteiger partial charge on any atom is 0.220 e. The summed E-state index contributed by atoms with van der Waals surface area (Å²) in [6.07, 6.45) is 1.89. The van der Waals surface area contributed by atoms with E-state index in [1.54, 1.807) is 25.6 Å². The molecule has 0 saturated heterocycles. The Bertz CT molecular complexity index is 735. The van der Waals surface area contributed by atoms with E-state index in [-0.39, 0.29) is 11.3 Å². The molecule has 0 radical (unpaired) electrons. The third-order valence-electron chi connectivity index (χ3n) is 4.07. The molecule has 1 aromatic heterocycles. The lowest BCUT2D eigenvalue weighted by Crippen LogP contribution is -2.25. The van der Waals surface area contributed by atoms with Gasteiger partial charge in [-0.1, -0.05) is 26.8 Å². The fraction of sp³-hybridized carbons (Fsp3) is 0.500. The minimum atomic E-state index is 0.0520. The van der Waals surface area contributed by atoms with Crippen molar-refractivity contribution in [1.29, 1.82) is 0 Å². The Morgan fingerprint density at radius 3 is 2.50 bits per heavy atom. The maximum atomic E-state index is 12.1. The molecule has 0 saturated carbocycles. The molecule has 0 aliphatic carbocycles. The molecule has 26 heavy (non-hydrogen) atoms. The Morgan fingerprint density at radius 2 is 1.88 bits per heavy atom. The van der Waals surface area contributed by atoms with Crippen LogP contribution in [0.2, 0.25) is 0 Å². The third-order valence-corrected chi connectivity index (χ3v) is 4.98. The second kappa shape index (κ2) is 9.03. The summed E-state index contributed by atoms with van der Waals surface area (Å²) in [6.45, 7) is 7.03. The molecule has 0 aliphatic rings. The molecule has 2 rings (SSSR count). The molecule has 0 fully saturated rings. The van der Waals surface area contributed by atoms with E-state index in [2.05, 4.69) is 36.5 Å². The van der Waals surface area contributed by atoms with Crippen molar-refractivity contribution in [2.24, 2.45) is 0 Å². The molecule has 0 bridgehead atoms. The molecule has 5 nitrogen and oxygen atoms in total. The van der Waals surface area contributed by atoms with E-state index in [9.17, 15) is 4.79 Å². The fourth-order valence-electron chi connectivity index (χ4n) is 2.46. The number of aryl methyl sites for hydroxylation is 1. The van der Waals surface area contributed by atoms with Crippen LogP contribution in [0.5, 0.6) is 11.5 Å². The number of hydrogen-bond donors (Lipinski definition) is 1. The van der Waals surface area contributed by atoms with Gasteiger partial charge in [0.1, 0.15) is 0 Å². The number of carbonyl (C=O) groups excluding carboxylic acids is 1. The first-order chi connectivity index (χ1) is 12.3. The van der Waals surface area contributed by atoms with Gasteiger partial charge in [-0.3, -0.25) is 4.79 Å². The van der Waals surface area contributed by atoms with Crippen molar-refractivity contribution in [2.45, 2.75) is 45.4 Å². The molecular weight excluding hydrogens is 348 g/mol. The first-order valence-electron chi connectivity index (χ1n) is 8.76. The number of aromatic nitrogens is 1. The minimum absolute atomic E-state index is 0.0520. The van der Waals surface area contributed by atoms with Gasteiger partial charge in [-0.2, -0.15) is 0 Å². The Kier molecular flexibility index (Phi) is 7.03. The lowest BCUT2D eigenvalue weighted by atomic mass is 9.93. The molecule has 1 amide bonds. The predicted octanol–water partition coefficient (Wildman–Crippen LogP) is 3.75. The summed E-state index contributed by atoms with van der Waals surface area (Å²) in [4.78, 5) is 16.7. The zero-order chi connectivity index (χ0) is 19.2. The third kappa shape index (κ3) is 5.73. The molecule has 1 N–H and O–H groups in total. The molecule has 0 spiro atoms. The van der Waals surface area contributed by atoms with Crippen LogP contribution in [0.4, 0.5) is 0 Å². The zero-order valence-corrected chi connectivity index (χ0v) is 17.0. The second-order valence-corrected chi connectivity index (χ2v) is 8.11. The van der Waals surface area contributed by atoms with Gasteiger partial charge in [0, 0.05) is 30.2 Å². The second-order valence-electron chi connectivity index (χ2n) is 7.17. The lowest BCUT2D eigenvalue weighted by Gasteiger charge is -2.14. The SMILES string of the molecule is COc1ccc(CCNC(=O)CCc2nc(C(C)(C)C)cs2)cc1OC. The van der Waals surface area contributed by atoms with Crippen LogP contribution in [0.1, 0.15) is 43.5 Å². The predicted molar refractivity (Wildman–Crippen MR) is 105 cm³/mol. The van der Waals surface area contributed by atoms with Crippen molar-refractivity contribution in [3.8, 4) is 11.5 Å². The molecule has 1 aromatic carbocycles. The lowest BCUT2D eigenvalue weighted by molar-refractivity contribution is -0.121. The van der Waals surface area contributed by atoms with Gasteiger partial charge in [0.2, 0.25) is 5.91 Å². The summed E-state index contributed by atoms with van der Waals surface area (Å²) in [5, 5.41) is 6.08. The number of nitrogens with one attached hydrogen (secondary N) is 1. The van der Waals surface area contributed by atoms with Gasteiger partial charge >= 0.3 is 0 Å². The highest BCUT2D eigenvalue weighted by molar-refractivity contribution is 7.09. The van der Waals surface area contributed by atoms with Gasteiger partial charge in [0.15, 0.2) is 11.5 Å². The van der Waals surface area contributed by atoms with Crippen LogP contribution in [0.15, 0.2) is 23.6 Å². The highest BCUT2D eigenvalue weighted by Crippen LogP contribution is 2.27. The first kappa shape index (κ1) is 20.2. The van der Waals surface area contributed by atoms with Gasteiger partial charge in [-0.25, -0.2) is 4.98 Å². The van der Waals surface area contributed by atoms with Gasteiger partial charge in [-0.15, -0.1) is 11.3 Å². The molecule has 6 heteroatoms. The van der Waals surface area contributed by atoms with E-state index in [0.29, 0.717) is 30.9 Å². The van der Waals surface area contributed by atoms with E-state index in [1.165, 1.54) is 0 Å². The van der Waals surface area contributed by atoms with E-state index >= 15 is 0 Å². The Labute approximate surface area is 159 Å². The van der Waals surface area contributed by atoms with Gasteiger partial charge in [0.25, 0.3) is 0 Å². The van der Waals surface area contributed by atoms with Crippen molar-refractivity contribution in [3.63, 3.8) is 0 Å². The minimum Gasteiger partial charge on any atom is -0.493 e. The topological polar surface area (TPSA) is 60.5 Å². The summed E-state index contributed by atoms with van der Waals surface area (Å²) in [6, 6.07) is 5.80. The number of thiazole rings is 1. The standard InChI is InChI=1S/C20H28N2O3S/c1-20(2,3)17-13-26-19(22-17)9-8-18(23)21-11-10-14-6-7-15(24-4)16(12-14)25-5/h6-7,12-13H,8-11H2,1-5H3,(H,21,23). The highest BCUT2D eigenvalue weighted by atomic mass is 32.1. The van der Waals surface area contributed by atoms with Crippen LogP contribution in [0, 0.1) is 0 Å². The quantitative estimate of drug-likeness (QED) is 0.762. The summed E-state index contributed by atoms with van der Waals surface area (Å²) >= 11 is 1.63. The summed E-state index contributed by atoms with van der Waals surface area (Å²) in [5.41, 5.74) is 2.24. The largest absolute Gasteiger partial charge is 0.493 e. The van der Waals surface area contributed by atoms with Crippen molar-refractivity contribution < 1.29 is 14.3 Å². The number of ether oxygens (including phenoxy) is 2. The number of hydrogen-bond acceptors (Lipinski definition) is 5. The van der Waals surface area contributed by atoms with E-state index < -0.39 is 0 Å². The average Bonchev–Trinajstić information content (AvgIpc) is 3.09. The van der Waals surface area contributed by atoms with Gasteiger partial charge < -0.3 is 14.8 Å². The number of amides is 1. The molecule has 0 atom stereocenters. The molecule has 0 aliphatic heterocycles. The number of carbonyl (C=O) groups is 1. The summed E-state index contributed by atoms with van der Waals surface area (Å²) in [5.74, 6) is 1.46. The molecule has 2 aromatic rings. The summed E-state index contributed by atoms with van der Waals surface area (Å²) < 4.78 is 10.5. The van der Waals surface area contributed by atoms with E-state index in [4.69, 9.17) is 9.47 Å². The van der Waals surface area contributed by atoms with Crippen molar-refractivity contribution in [1.82, 2.24) is 10.3 Å². The van der Waals surface area contributed by atoms with Crippen LogP contribution in [0.3, 0.4) is 0 Å². The number of rotatable bonds is 8. The smallest absolute Gasteiger partial charge is 0.220 e. The number of methoxy groups -OCH3 is 2. The van der Waals surface area contributed by atoms with Crippen LogP contribution in [-0.2, 0) is 23.1 Å². The first-order valence-corrected chi connectivity index (χ1v) is 9.64. The Balaban J connectivity index is 1.76. The van der Waals surface area contributed by atoms with Gasteiger partial charge in [-0.05, 0) is 24.1 Å². The Morgan fingerprint density at radius 1 is 1.15 bits per heavy atom. The van der Waals surface area contributed by atoms with Crippen molar-refractivity contribution in [3.05, 3.63) is 39.8 Å². The normalized spacial score (nSPS) is 11.3. The van der Waals surface area contributed by atoms with Crippen molar-refractivity contribution in [2.75, 3.05) is 20.8 Å². The molecular formula is C20H28N2O3S. The maximum absolute atomic E-state index is 12.1. The van der Waals surface area contributed by atoms with Gasteiger partial charge in [0.05, 0.1) is 24.9 Å². The van der Waals surface area contributed by atoms with Crippen molar-refractivity contribution >= 4 is 17.2 Å². The van der Waals surface area contributed by atoms with Crippen LogP contribution in [-0.4, -0.2) is 31.7 Å². The van der Waals surface area contributed by atoms with Crippen LogP contribution >= 0.6 is 11.3 Å². The average molecular weight is 377 g/mol. The number of benzene rings is 1. The van der Waals surface area contributed by atoms with E-state index in [1.807, 2.05) is 18.2 Å². The monoisotopic (exact) mass is 376 g/mol. The fourth-order valence-corrected chi connectivity index (χ4v) is 3.49. The molecule has 142 valence electrons. The van der Waals surface area contributed by atoms with E-state index in [0.717, 1.165) is 22.7 Å². The molecule has 1 heterocycles. The zero-order valence-electron chi connectivity index (χ0n) is 16.2. The Hall–Kier alpha value is -2.08. The summed E-state index contributed by atoms with van der Waals surface area (Å²) in [7, 11) is 3.23. The highest BCUT2D eigenvalue weighted by Gasteiger charge is 2.17. The molecule has 0 unspecified atom stereocenters.